The Morgan fingerprint density at radius 3 is 2.77 bits per heavy atom. The average Bonchev–Trinajstić information content (AvgIpc) is 2.81. The van der Waals surface area contributed by atoms with Gasteiger partial charge in [-0.3, -0.25) is 9.79 Å². The van der Waals surface area contributed by atoms with Gasteiger partial charge in [-0.05, 0) is 30.2 Å². The van der Waals surface area contributed by atoms with Gasteiger partial charge in [0.05, 0.1) is 17.3 Å². The highest BCUT2D eigenvalue weighted by Gasteiger charge is 2.37. The number of fused-ring (bicyclic) bond motifs is 1. The number of hydrogen-bond donors (Lipinski definition) is 2. The number of piperazine rings is 1. The minimum absolute atomic E-state index is 0.128. The van der Waals surface area contributed by atoms with Crippen LogP contribution in [0.1, 0.15) is 23.1 Å². The standard InChI is InChI=1S/C15H16F3N3O/c1-8-4-11(15(16,17)18)10-6-9(21-12(10)5-8)7-13-14(22)20-3-2-19-13/h4-5,13,19H,2-3,6-7H2,1H3,(H,20,22). The summed E-state index contributed by atoms with van der Waals surface area (Å²) in [6, 6.07) is 2.40. The molecule has 22 heavy (non-hydrogen) atoms. The average molecular weight is 311 g/mol. The Bertz CT molecular complexity index is 652. The van der Waals surface area contributed by atoms with Crippen LogP contribution in [0.4, 0.5) is 18.9 Å². The highest BCUT2D eigenvalue weighted by atomic mass is 19.4. The number of nitrogens with zero attached hydrogens (tertiary/aromatic N) is 1. The quantitative estimate of drug-likeness (QED) is 0.879. The third kappa shape index (κ3) is 2.85. The third-order valence-electron chi connectivity index (χ3n) is 3.91. The van der Waals surface area contributed by atoms with Gasteiger partial charge in [-0.15, -0.1) is 0 Å². The van der Waals surface area contributed by atoms with Crippen LogP contribution >= 0.6 is 0 Å². The van der Waals surface area contributed by atoms with Crippen LogP contribution in [0.5, 0.6) is 0 Å². The highest BCUT2D eigenvalue weighted by Crippen LogP contribution is 2.40. The van der Waals surface area contributed by atoms with Crippen molar-refractivity contribution < 1.29 is 18.0 Å². The molecule has 1 aromatic rings. The van der Waals surface area contributed by atoms with Crippen LogP contribution in [0.3, 0.4) is 0 Å². The van der Waals surface area contributed by atoms with E-state index < -0.39 is 17.8 Å². The van der Waals surface area contributed by atoms with Gasteiger partial charge in [0.15, 0.2) is 0 Å². The van der Waals surface area contributed by atoms with Crippen molar-refractivity contribution in [2.75, 3.05) is 13.1 Å². The number of benzene rings is 1. The number of rotatable bonds is 2. The number of alkyl halides is 3. The van der Waals surface area contributed by atoms with E-state index >= 15 is 0 Å². The maximum atomic E-state index is 13.1. The highest BCUT2D eigenvalue weighted by molar-refractivity contribution is 5.98. The molecule has 2 heterocycles. The van der Waals surface area contributed by atoms with E-state index in [9.17, 15) is 18.0 Å². The molecule has 1 saturated heterocycles. The smallest absolute Gasteiger partial charge is 0.353 e. The van der Waals surface area contributed by atoms with Gasteiger partial charge < -0.3 is 10.6 Å². The molecule has 0 radical (unpaired) electrons. The van der Waals surface area contributed by atoms with Crippen LogP contribution in [-0.2, 0) is 17.4 Å². The normalized spacial score (nSPS) is 21.4. The Morgan fingerprint density at radius 1 is 1.32 bits per heavy atom. The first-order valence-electron chi connectivity index (χ1n) is 7.13. The predicted molar refractivity (Wildman–Crippen MR) is 76.4 cm³/mol. The van der Waals surface area contributed by atoms with Crippen LogP contribution in [0.25, 0.3) is 0 Å². The predicted octanol–water partition coefficient (Wildman–Crippen LogP) is 2.12. The molecule has 1 atom stereocenters. The zero-order valence-corrected chi connectivity index (χ0v) is 12.0. The molecule has 1 unspecified atom stereocenters. The number of hydrogen-bond acceptors (Lipinski definition) is 3. The van der Waals surface area contributed by atoms with E-state index in [-0.39, 0.29) is 17.9 Å². The Labute approximate surface area is 125 Å². The van der Waals surface area contributed by atoms with E-state index in [1.165, 1.54) is 0 Å². The van der Waals surface area contributed by atoms with Crippen LogP contribution in [0.15, 0.2) is 17.1 Å². The molecule has 2 aliphatic rings. The molecule has 2 N–H and O–H groups in total. The van der Waals surface area contributed by atoms with Crippen molar-refractivity contribution in [2.45, 2.75) is 32.0 Å². The van der Waals surface area contributed by atoms with Crippen molar-refractivity contribution in [3.05, 3.63) is 28.8 Å². The Morgan fingerprint density at radius 2 is 2.09 bits per heavy atom. The maximum absolute atomic E-state index is 13.1. The number of carbonyl (C=O) groups excluding carboxylic acids is 1. The summed E-state index contributed by atoms with van der Waals surface area (Å²) in [4.78, 5) is 16.0. The number of aryl methyl sites for hydroxylation is 1. The van der Waals surface area contributed by atoms with E-state index in [4.69, 9.17) is 0 Å². The maximum Gasteiger partial charge on any atom is 0.416 e. The topological polar surface area (TPSA) is 53.5 Å². The molecule has 0 aliphatic carbocycles. The SMILES string of the molecule is Cc1cc2c(c(C(F)(F)F)c1)CC(CC1NCCNC1=O)=N2. The summed E-state index contributed by atoms with van der Waals surface area (Å²) in [6.07, 6.45) is -3.91. The van der Waals surface area contributed by atoms with Gasteiger partial charge in [0.2, 0.25) is 5.91 Å². The van der Waals surface area contributed by atoms with Crippen molar-refractivity contribution in [2.24, 2.45) is 4.99 Å². The molecule has 1 amide bonds. The lowest BCUT2D eigenvalue weighted by Gasteiger charge is -2.23. The molecular formula is C15H16F3N3O. The first-order valence-corrected chi connectivity index (χ1v) is 7.13. The summed E-state index contributed by atoms with van der Waals surface area (Å²) in [5.41, 5.74) is 1.11. The number of halogens is 3. The number of aliphatic imine (C=N–C) groups is 1. The summed E-state index contributed by atoms with van der Waals surface area (Å²) in [5.74, 6) is -0.128. The molecule has 0 aromatic heterocycles. The molecule has 1 aromatic carbocycles. The number of nitrogens with one attached hydrogen (secondary N) is 2. The molecule has 118 valence electrons. The van der Waals surface area contributed by atoms with Crippen LogP contribution in [0.2, 0.25) is 0 Å². The third-order valence-corrected chi connectivity index (χ3v) is 3.91. The van der Waals surface area contributed by atoms with E-state index in [1.807, 2.05) is 0 Å². The Hall–Kier alpha value is -1.89. The summed E-state index contributed by atoms with van der Waals surface area (Å²) >= 11 is 0. The zero-order valence-electron chi connectivity index (χ0n) is 12.0. The van der Waals surface area contributed by atoms with Crippen LogP contribution in [-0.4, -0.2) is 30.8 Å². The van der Waals surface area contributed by atoms with Crippen molar-refractivity contribution in [1.29, 1.82) is 0 Å². The lowest BCUT2D eigenvalue weighted by molar-refractivity contribution is -0.138. The lowest BCUT2D eigenvalue weighted by atomic mass is 9.97. The van der Waals surface area contributed by atoms with Gasteiger partial charge in [0.25, 0.3) is 0 Å². The molecule has 0 spiro atoms. The first-order chi connectivity index (χ1) is 10.3. The van der Waals surface area contributed by atoms with E-state index in [1.54, 1.807) is 13.0 Å². The molecule has 4 nitrogen and oxygen atoms in total. The summed E-state index contributed by atoms with van der Waals surface area (Å²) in [6.45, 7) is 2.85. The van der Waals surface area contributed by atoms with Crippen LogP contribution < -0.4 is 10.6 Å². The Kier molecular flexibility index (Phi) is 3.68. The minimum atomic E-state index is -4.39. The molecule has 0 saturated carbocycles. The Balaban J connectivity index is 1.84. The van der Waals surface area contributed by atoms with E-state index in [0.29, 0.717) is 36.5 Å². The molecule has 7 heteroatoms. The molecule has 1 fully saturated rings. The van der Waals surface area contributed by atoms with E-state index in [2.05, 4.69) is 15.6 Å². The summed E-state index contributed by atoms with van der Waals surface area (Å²) in [5, 5.41) is 5.80. The lowest BCUT2D eigenvalue weighted by Crippen LogP contribution is -2.53. The zero-order chi connectivity index (χ0) is 15.9. The first kappa shape index (κ1) is 15.0. The van der Waals surface area contributed by atoms with Gasteiger partial charge >= 0.3 is 6.18 Å². The fraction of sp³-hybridized carbons (Fsp3) is 0.467. The second-order valence-electron chi connectivity index (χ2n) is 5.66. The molecule has 2 aliphatic heterocycles. The van der Waals surface area contributed by atoms with Crippen LogP contribution in [0, 0.1) is 6.92 Å². The second-order valence-corrected chi connectivity index (χ2v) is 5.66. The van der Waals surface area contributed by atoms with Crippen molar-refractivity contribution >= 4 is 17.3 Å². The van der Waals surface area contributed by atoms with Gasteiger partial charge in [-0.25, -0.2) is 0 Å². The van der Waals surface area contributed by atoms with Crippen molar-refractivity contribution in [3.8, 4) is 0 Å². The minimum Gasteiger partial charge on any atom is -0.353 e. The number of amides is 1. The van der Waals surface area contributed by atoms with Gasteiger partial charge in [0, 0.05) is 31.6 Å². The van der Waals surface area contributed by atoms with Crippen molar-refractivity contribution in [1.82, 2.24) is 10.6 Å². The monoisotopic (exact) mass is 311 g/mol. The largest absolute Gasteiger partial charge is 0.416 e. The molecular weight excluding hydrogens is 295 g/mol. The van der Waals surface area contributed by atoms with Gasteiger partial charge in [0.1, 0.15) is 0 Å². The second kappa shape index (κ2) is 5.39. The fourth-order valence-electron chi connectivity index (χ4n) is 2.92. The molecule has 3 rings (SSSR count). The molecule has 0 bridgehead atoms. The van der Waals surface area contributed by atoms with E-state index in [0.717, 1.165) is 6.07 Å². The summed E-state index contributed by atoms with van der Waals surface area (Å²) < 4.78 is 39.4. The fourth-order valence-corrected chi connectivity index (χ4v) is 2.92. The van der Waals surface area contributed by atoms with Crippen molar-refractivity contribution in [3.63, 3.8) is 0 Å². The number of carbonyl (C=O) groups is 1. The van der Waals surface area contributed by atoms with Gasteiger partial charge in [-0.1, -0.05) is 0 Å². The summed E-state index contributed by atoms with van der Waals surface area (Å²) in [7, 11) is 0. The van der Waals surface area contributed by atoms with Gasteiger partial charge in [-0.2, -0.15) is 13.2 Å².